The predicted octanol–water partition coefficient (Wildman–Crippen LogP) is 3.49. The van der Waals surface area contributed by atoms with Crippen LogP contribution < -0.4 is 0 Å². The average Bonchev–Trinajstić information content (AvgIpc) is 2.77. The summed E-state index contributed by atoms with van der Waals surface area (Å²) >= 11 is 0. The molecule has 0 aromatic heterocycles. The molecule has 1 saturated carbocycles. The second-order valence-electron chi connectivity index (χ2n) is 8.12. The van der Waals surface area contributed by atoms with Gasteiger partial charge >= 0.3 is 17.9 Å². The lowest BCUT2D eigenvalue weighted by molar-refractivity contribution is -0.225. The van der Waals surface area contributed by atoms with E-state index >= 15 is 0 Å². The van der Waals surface area contributed by atoms with Gasteiger partial charge in [-0.1, -0.05) is 36.0 Å². The highest BCUT2D eigenvalue weighted by Crippen LogP contribution is 2.64. The van der Waals surface area contributed by atoms with E-state index in [-0.39, 0.29) is 11.5 Å². The van der Waals surface area contributed by atoms with Gasteiger partial charge in [0.25, 0.3) is 0 Å². The van der Waals surface area contributed by atoms with Crippen LogP contribution in [-0.2, 0) is 23.9 Å². The standard InChI is InChI=1S/C22H26O6/c1-14-7-11-21-12-9-17(22(21,13-8-14)27-16(3)23)20(4,28-19(21)26)10-5-6-15(2)18(24)25/h5-8,10-11,17H,9,12-13H2,1-4H3,(H,24,25)/b10-5+,15-6+/t17-,20-,21+,22-/m0/s1. The van der Waals surface area contributed by atoms with E-state index in [0.717, 1.165) is 5.57 Å². The SMILES string of the molecule is CC(=O)O[C@]12CC=C(C)C=C[C@]13CC[C@H]2[C@](C)(/C=C/C=C(\C)C(=O)O)OC3=O. The largest absolute Gasteiger partial charge is 0.478 e. The minimum absolute atomic E-state index is 0.174. The number of carboxylic acid groups (broad SMARTS) is 1. The Hall–Kier alpha value is -2.63. The number of cyclic esters (lactones) is 1. The number of carboxylic acids is 1. The lowest BCUT2D eigenvalue weighted by Gasteiger charge is -2.53. The van der Waals surface area contributed by atoms with Crippen molar-refractivity contribution < 1.29 is 29.0 Å². The van der Waals surface area contributed by atoms with E-state index in [1.165, 1.54) is 19.9 Å². The Morgan fingerprint density at radius 2 is 2.07 bits per heavy atom. The smallest absolute Gasteiger partial charge is 0.331 e. The van der Waals surface area contributed by atoms with E-state index in [1.807, 2.05) is 25.2 Å². The quantitative estimate of drug-likeness (QED) is 0.452. The number of allylic oxidation sites excluding steroid dienone is 4. The van der Waals surface area contributed by atoms with Crippen LogP contribution in [0.3, 0.4) is 0 Å². The van der Waals surface area contributed by atoms with Crippen LogP contribution in [-0.4, -0.2) is 34.2 Å². The number of rotatable bonds is 4. The summed E-state index contributed by atoms with van der Waals surface area (Å²) in [5, 5.41) is 9.02. The fourth-order valence-electron chi connectivity index (χ4n) is 4.85. The molecular weight excluding hydrogens is 360 g/mol. The van der Waals surface area contributed by atoms with Gasteiger partial charge in [0.1, 0.15) is 16.6 Å². The summed E-state index contributed by atoms with van der Waals surface area (Å²) in [5.41, 5.74) is -1.86. The molecular formula is C22H26O6. The summed E-state index contributed by atoms with van der Waals surface area (Å²) in [6, 6.07) is 0. The third-order valence-electron chi connectivity index (χ3n) is 6.31. The summed E-state index contributed by atoms with van der Waals surface area (Å²) in [4.78, 5) is 36.3. The minimum atomic E-state index is -1.02. The number of aliphatic carboxylic acids is 1. The van der Waals surface area contributed by atoms with Crippen LogP contribution >= 0.6 is 0 Å². The lowest BCUT2D eigenvalue weighted by atomic mass is 9.63. The normalized spacial score (nSPS) is 37.1. The van der Waals surface area contributed by atoms with Gasteiger partial charge < -0.3 is 14.6 Å². The van der Waals surface area contributed by atoms with Crippen molar-refractivity contribution in [2.45, 2.75) is 58.2 Å². The molecule has 4 atom stereocenters. The van der Waals surface area contributed by atoms with Crippen LogP contribution in [0, 0.1) is 11.3 Å². The van der Waals surface area contributed by atoms with E-state index in [2.05, 4.69) is 0 Å². The molecule has 1 aliphatic heterocycles. The molecule has 150 valence electrons. The molecule has 0 spiro atoms. The Balaban J connectivity index is 2.10. The first-order valence-corrected chi connectivity index (χ1v) is 9.45. The fraction of sp³-hybridized carbons (Fsp3) is 0.500. The van der Waals surface area contributed by atoms with Crippen molar-refractivity contribution >= 4 is 17.9 Å². The Morgan fingerprint density at radius 3 is 2.71 bits per heavy atom. The molecule has 28 heavy (non-hydrogen) atoms. The summed E-state index contributed by atoms with van der Waals surface area (Å²) in [6.45, 7) is 6.59. The maximum atomic E-state index is 13.2. The van der Waals surface area contributed by atoms with Gasteiger partial charge in [0.15, 0.2) is 0 Å². The second kappa shape index (κ2) is 6.76. The summed E-state index contributed by atoms with van der Waals surface area (Å²) in [5.74, 6) is -2.10. The summed E-state index contributed by atoms with van der Waals surface area (Å²) in [6.07, 6.45) is 12.1. The van der Waals surface area contributed by atoms with Gasteiger partial charge in [0.05, 0.1) is 0 Å². The molecule has 0 radical (unpaired) electrons. The van der Waals surface area contributed by atoms with Gasteiger partial charge in [0, 0.05) is 24.8 Å². The minimum Gasteiger partial charge on any atom is -0.478 e. The van der Waals surface area contributed by atoms with Crippen LogP contribution in [0.1, 0.15) is 47.0 Å². The van der Waals surface area contributed by atoms with Crippen LogP contribution in [0.25, 0.3) is 0 Å². The number of carbonyl (C=O) groups is 3. The number of esters is 2. The Morgan fingerprint density at radius 1 is 1.36 bits per heavy atom. The Bertz CT molecular complexity index is 847. The molecule has 0 unspecified atom stereocenters. The van der Waals surface area contributed by atoms with Gasteiger partial charge in [-0.2, -0.15) is 0 Å². The van der Waals surface area contributed by atoms with Crippen molar-refractivity contribution in [3.05, 3.63) is 47.6 Å². The van der Waals surface area contributed by atoms with E-state index in [9.17, 15) is 14.4 Å². The first kappa shape index (κ1) is 20.1. The van der Waals surface area contributed by atoms with E-state index in [0.29, 0.717) is 19.3 Å². The Labute approximate surface area is 164 Å². The van der Waals surface area contributed by atoms with E-state index in [1.54, 1.807) is 19.1 Å². The highest BCUT2D eigenvalue weighted by atomic mass is 16.6. The molecule has 0 aromatic carbocycles. The molecule has 0 aromatic rings. The average molecular weight is 386 g/mol. The summed E-state index contributed by atoms with van der Waals surface area (Å²) in [7, 11) is 0. The van der Waals surface area contributed by atoms with Crippen molar-refractivity contribution in [3.8, 4) is 0 Å². The van der Waals surface area contributed by atoms with E-state index < -0.39 is 34.5 Å². The number of carbonyl (C=O) groups excluding carboxylic acids is 2. The van der Waals surface area contributed by atoms with Gasteiger partial charge in [-0.15, -0.1) is 0 Å². The lowest BCUT2D eigenvalue weighted by Crippen LogP contribution is -2.65. The highest BCUT2D eigenvalue weighted by Gasteiger charge is 2.73. The first-order valence-electron chi connectivity index (χ1n) is 9.45. The predicted molar refractivity (Wildman–Crippen MR) is 102 cm³/mol. The van der Waals surface area contributed by atoms with Crippen molar-refractivity contribution in [1.29, 1.82) is 0 Å². The molecule has 6 nitrogen and oxygen atoms in total. The molecule has 1 heterocycles. The second-order valence-corrected chi connectivity index (χ2v) is 8.12. The topological polar surface area (TPSA) is 89.9 Å². The maximum absolute atomic E-state index is 13.2. The van der Waals surface area contributed by atoms with Gasteiger partial charge in [-0.25, -0.2) is 4.79 Å². The van der Waals surface area contributed by atoms with Crippen molar-refractivity contribution in [3.63, 3.8) is 0 Å². The zero-order valence-corrected chi connectivity index (χ0v) is 16.7. The molecule has 3 aliphatic rings. The van der Waals surface area contributed by atoms with Crippen molar-refractivity contribution in [2.75, 3.05) is 0 Å². The molecule has 3 rings (SSSR count). The van der Waals surface area contributed by atoms with Crippen LogP contribution in [0.4, 0.5) is 0 Å². The van der Waals surface area contributed by atoms with Gasteiger partial charge in [0.2, 0.25) is 0 Å². The molecule has 2 bridgehead atoms. The van der Waals surface area contributed by atoms with Crippen LogP contribution in [0.2, 0.25) is 0 Å². The number of hydrogen-bond acceptors (Lipinski definition) is 5. The summed E-state index contributed by atoms with van der Waals surface area (Å²) < 4.78 is 11.8. The fourth-order valence-corrected chi connectivity index (χ4v) is 4.85. The molecule has 6 heteroatoms. The zero-order chi connectivity index (χ0) is 20.7. The van der Waals surface area contributed by atoms with Crippen molar-refractivity contribution in [2.24, 2.45) is 11.3 Å². The Kier molecular flexibility index (Phi) is 4.86. The zero-order valence-electron chi connectivity index (χ0n) is 16.7. The molecule has 2 aliphatic carbocycles. The molecule has 1 N–H and O–H groups in total. The van der Waals surface area contributed by atoms with Crippen LogP contribution in [0.5, 0.6) is 0 Å². The molecule has 0 amide bonds. The molecule has 2 fully saturated rings. The van der Waals surface area contributed by atoms with E-state index in [4.69, 9.17) is 14.6 Å². The monoisotopic (exact) mass is 386 g/mol. The van der Waals surface area contributed by atoms with Gasteiger partial charge in [-0.05, 0) is 39.7 Å². The highest BCUT2D eigenvalue weighted by molar-refractivity contribution is 5.86. The first-order chi connectivity index (χ1) is 13.1. The van der Waals surface area contributed by atoms with Gasteiger partial charge in [-0.3, -0.25) is 9.59 Å². The third-order valence-corrected chi connectivity index (χ3v) is 6.31. The maximum Gasteiger partial charge on any atom is 0.331 e. The van der Waals surface area contributed by atoms with Crippen molar-refractivity contribution in [1.82, 2.24) is 0 Å². The molecule has 1 saturated heterocycles. The van der Waals surface area contributed by atoms with Crippen LogP contribution in [0.15, 0.2) is 47.6 Å². The number of hydrogen-bond donors (Lipinski definition) is 1. The number of ether oxygens (including phenoxy) is 2. The third kappa shape index (κ3) is 2.91.